The molecule has 6 nitrogen and oxygen atoms in total. The molecule has 8 heteroatoms. The zero-order valence-electron chi connectivity index (χ0n) is 20.9. The summed E-state index contributed by atoms with van der Waals surface area (Å²) in [6.45, 7) is 20.1. The molecule has 0 fully saturated rings. The summed E-state index contributed by atoms with van der Waals surface area (Å²) in [5.74, 6) is 0. The van der Waals surface area contributed by atoms with Gasteiger partial charge in [-0.2, -0.15) is 0 Å². The first-order valence-electron chi connectivity index (χ1n) is 12.4. The molecule has 0 radical (unpaired) electrons. The van der Waals surface area contributed by atoms with Gasteiger partial charge in [0.2, 0.25) is 0 Å². The van der Waals surface area contributed by atoms with E-state index in [1.165, 1.54) is 19.3 Å². The monoisotopic (exact) mass is 464 g/mol. The Bertz CT molecular complexity index is 332. The quantitative estimate of drug-likeness (QED) is 0.193. The van der Waals surface area contributed by atoms with Crippen molar-refractivity contribution in [1.29, 1.82) is 0 Å². The molecule has 2 N–H and O–H groups in total. The van der Waals surface area contributed by atoms with Crippen LogP contribution in [0.1, 0.15) is 80.1 Å². The molecule has 0 spiro atoms. The molecule has 2 atom stereocenters. The number of nitrogens with zero attached hydrogens (tertiary/aromatic N) is 1. The Balaban J connectivity index is 4.67. The highest BCUT2D eigenvalue weighted by Gasteiger charge is 2.24. The topological polar surface area (TPSA) is 66.2 Å². The van der Waals surface area contributed by atoms with Crippen LogP contribution in [0.2, 0.25) is 11.1 Å². The lowest BCUT2D eigenvalue weighted by Gasteiger charge is -2.28. The normalized spacial score (nSPS) is 14.2. The van der Waals surface area contributed by atoms with Gasteiger partial charge in [0.15, 0.2) is 0 Å². The van der Waals surface area contributed by atoms with Crippen molar-refractivity contribution in [2.75, 3.05) is 52.6 Å². The van der Waals surface area contributed by atoms with Gasteiger partial charge in [-0.3, -0.25) is 0 Å². The number of nitrogens with two attached hydrogens (primary N) is 1. The molecular weight excluding hydrogens is 412 g/mol. The van der Waals surface area contributed by atoms with Crippen molar-refractivity contribution < 1.29 is 17.7 Å². The SMILES string of the molecule is CCO[SiH](OCC)C(C)CCN(CCCCCCN)CCC(C)[SiH](OCC)OCC. The fraction of sp³-hybridized carbons (Fsp3) is 1.00. The van der Waals surface area contributed by atoms with Crippen molar-refractivity contribution in [2.24, 2.45) is 5.73 Å². The van der Waals surface area contributed by atoms with Crippen molar-refractivity contribution in [3.8, 4) is 0 Å². The first-order valence-corrected chi connectivity index (χ1v) is 15.6. The molecule has 0 aromatic carbocycles. The molecule has 0 heterocycles. The lowest BCUT2D eigenvalue weighted by atomic mass is 10.1. The first kappa shape index (κ1) is 30.2. The summed E-state index contributed by atoms with van der Waals surface area (Å²) >= 11 is 0. The summed E-state index contributed by atoms with van der Waals surface area (Å²) < 4.78 is 23.8. The Morgan fingerprint density at radius 1 is 0.633 bits per heavy atom. The Hall–Kier alpha value is 0.194. The summed E-state index contributed by atoms with van der Waals surface area (Å²) in [4.78, 5) is 2.64. The minimum absolute atomic E-state index is 0.524. The van der Waals surface area contributed by atoms with E-state index in [1.807, 2.05) is 0 Å². The van der Waals surface area contributed by atoms with Gasteiger partial charge in [-0.05, 0) is 90.6 Å². The Kier molecular flexibility index (Phi) is 21.2. The number of hydrogen-bond acceptors (Lipinski definition) is 6. The van der Waals surface area contributed by atoms with Crippen LogP contribution in [-0.4, -0.2) is 76.1 Å². The molecule has 0 rings (SSSR count). The van der Waals surface area contributed by atoms with Crippen molar-refractivity contribution >= 4 is 18.6 Å². The van der Waals surface area contributed by atoms with Crippen LogP contribution < -0.4 is 5.73 Å². The van der Waals surface area contributed by atoms with Gasteiger partial charge in [-0.25, -0.2) is 0 Å². The summed E-state index contributed by atoms with van der Waals surface area (Å²) in [5, 5.41) is 0. The smallest absolute Gasteiger partial charge is 0.324 e. The van der Waals surface area contributed by atoms with E-state index in [0.29, 0.717) is 11.1 Å². The molecule has 0 aromatic heterocycles. The molecule has 0 saturated carbocycles. The first-order chi connectivity index (χ1) is 14.5. The maximum Gasteiger partial charge on any atom is 0.324 e. The number of unbranched alkanes of at least 4 members (excludes halogenated alkanes) is 3. The Morgan fingerprint density at radius 2 is 1.03 bits per heavy atom. The number of hydrogen-bond donors (Lipinski definition) is 1. The third-order valence-electron chi connectivity index (χ3n) is 5.48. The van der Waals surface area contributed by atoms with Gasteiger partial charge >= 0.3 is 18.6 Å². The highest BCUT2D eigenvalue weighted by molar-refractivity contribution is 6.46. The molecule has 0 bridgehead atoms. The van der Waals surface area contributed by atoms with Gasteiger partial charge in [0.05, 0.1) is 0 Å². The summed E-state index contributed by atoms with van der Waals surface area (Å²) in [5.41, 5.74) is 6.69. The zero-order chi connectivity index (χ0) is 22.6. The molecule has 0 aliphatic carbocycles. The van der Waals surface area contributed by atoms with Crippen molar-refractivity contribution in [3.05, 3.63) is 0 Å². The predicted octanol–water partition coefficient (Wildman–Crippen LogP) is 3.95. The van der Waals surface area contributed by atoms with E-state index in [1.54, 1.807) is 0 Å². The largest absolute Gasteiger partial charge is 0.397 e. The molecular formula is C22H52N2O4Si2. The van der Waals surface area contributed by atoms with Crippen LogP contribution in [0, 0.1) is 0 Å². The second kappa shape index (κ2) is 21.1. The lowest BCUT2D eigenvalue weighted by Crippen LogP contribution is -2.34. The minimum Gasteiger partial charge on any atom is -0.397 e. The Labute approximate surface area is 190 Å². The number of rotatable bonds is 22. The maximum atomic E-state index is 5.94. The van der Waals surface area contributed by atoms with Gasteiger partial charge in [-0.15, -0.1) is 0 Å². The van der Waals surface area contributed by atoms with E-state index < -0.39 is 18.6 Å². The molecule has 2 unspecified atom stereocenters. The van der Waals surface area contributed by atoms with Gasteiger partial charge in [0.25, 0.3) is 0 Å². The van der Waals surface area contributed by atoms with Crippen LogP contribution in [-0.2, 0) is 17.7 Å². The Morgan fingerprint density at radius 3 is 1.40 bits per heavy atom. The second-order valence-corrected chi connectivity index (χ2v) is 13.2. The van der Waals surface area contributed by atoms with Crippen LogP contribution in [0.5, 0.6) is 0 Å². The average molecular weight is 465 g/mol. The van der Waals surface area contributed by atoms with Crippen LogP contribution in [0.15, 0.2) is 0 Å². The molecule has 0 saturated heterocycles. The standard InChI is InChI=1S/C22H52N2O4Si2/c1-7-25-29(26-8-2)21(5)15-19-24(18-14-12-11-13-17-23)20-16-22(6)30(27-9-3)28-10-4/h21-22,29-30H,7-20,23H2,1-6H3. The van der Waals surface area contributed by atoms with Gasteiger partial charge in [0.1, 0.15) is 0 Å². The van der Waals surface area contributed by atoms with Crippen LogP contribution in [0.3, 0.4) is 0 Å². The van der Waals surface area contributed by atoms with Gasteiger partial charge in [0, 0.05) is 26.4 Å². The average Bonchev–Trinajstić information content (AvgIpc) is 2.74. The molecule has 0 amide bonds. The highest BCUT2D eigenvalue weighted by Crippen LogP contribution is 2.20. The van der Waals surface area contributed by atoms with E-state index in [0.717, 1.165) is 71.9 Å². The third-order valence-corrected chi connectivity index (χ3v) is 10.7. The van der Waals surface area contributed by atoms with Gasteiger partial charge in [-0.1, -0.05) is 26.7 Å². The molecule has 182 valence electrons. The van der Waals surface area contributed by atoms with Crippen molar-refractivity contribution in [2.45, 2.75) is 91.1 Å². The second-order valence-electron chi connectivity index (χ2n) is 8.13. The van der Waals surface area contributed by atoms with E-state index in [-0.39, 0.29) is 0 Å². The van der Waals surface area contributed by atoms with Crippen LogP contribution in [0.25, 0.3) is 0 Å². The predicted molar refractivity (Wildman–Crippen MR) is 133 cm³/mol. The summed E-state index contributed by atoms with van der Waals surface area (Å²) in [7, 11) is -3.16. The summed E-state index contributed by atoms with van der Waals surface area (Å²) in [6, 6.07) is 0. The van der Waals surface area contributed by atoms with E-state index in [4.69, 9.17) is 23.4 Å². The van der Waals surface area contributed by atoms with Crippen molar-refractivity contribution in [1.82, 2.24) is 4.90 Å². The third kappa shape index (κ3) is 15.1. The minimum atomic E-state index is -1.58. The fourth-order valence-corrected chi connectivity index (χ4v) is 7.29. The zero-order valence-corrected chi connectivity index (χ0v) is 23.2. The molecule has 30 heavy (non-hydrogen) atoms. The van der Waals surface area contributed by atoms with E-state index >= 15 is 0 Å². The fourth-order valence-electron chi connectivity index (χ4n) is 3.62. The lowest BCUT2D eigenvalue weighted by molar-refractivity contribution is 0.191. The van der Waals surface area contributed by atoms with E-state index in [9.17, 15) is 0 Å². The maximum absolute atomic E-state index is 5.94. The van der Waals surface area contributed by atoms with Crippen molar-refractivity contribution in [3.63, 3.8) is 0 Å². The molecule has 0 aromatic rings. The molecule has 0 aliphatic heterocycles. The van der Waals surface area contributed by atoms with Gasteiger partial charge < -0.3 is 28.3 Å². The molecule has 0 aliphatic rings. The van der Waals surface area contributed by atoms with Crippen LogP contribution >= 0.6 is 0 Å². The van der Waals surface area contributed by atoms with E-state index in [2.05, 4.69) is 46.4 Å². The highest BCUT2D eigenvalue weighted by atomic mass is 28.3. The van der Waals surface area contributed by atoms with Crippen LogP contribution in [0.4, 0.5) is 0 Å². The summed E-state index contributed by atoms with van der Waals surface area (Å²) in [6.07, 6.45) is 7.18.